The smallest absolute Gasteiger partial charge is 0.244 e. The Bertz CT molecular complexity index is 132. The van der Waals surface area contributed by atoms with Gasteiger partial charge in [0.05, 0.1) is 17.1 Å². The van der Waals surface area contributed by atoms with Crippen LogP contribution in [0.15, 0.2) is 12.3 Å². The van der Waals surface area contributed by atoms with Crippen molar-refractivity contribution in [3.8, 4) is 6.07 Å². The highest BCUT2D eigenvalue weighted by atomic mass is 16.6. The Morgan fingerprint density at radius 1 is 1.86 bits per heavy atom. The van der Waals surface area contributed by atoms with E-state index in [0.29, 0.717) is 6.20 Å². The first-order valence-corrected chi connectivity index (χ1v) is 1.47. The summed E-state index contributed by atoms with van der Waals surface area (Å²) in [4.78, 5) is 8.63. The second kappa shape index (κ2) is 2.85. The average molecular weight is 98.1 g/mol. The number of nitrogens with zero attached hydrogens (tertiary/aromatic N) is 2. The van der Waals surface area contributed by atoms with Gasteiger partial charge < -0.3 is 0 Å². The summed E-state index contributed by atoms with van der Waals surface area (Å²) >= 11 is 0. The molecule has 4 heteroatoms. The molecule has 0 heterocycles. The van der Waals surface area contributed by atoms with E-state index < -0.39 is 4.92 Å². The van der Waals surface area contributed by atoms with Gasteiger partial charge in [0.1, 0.15) is 0 Å². The van der Waals surface area contributed by atoms with E-state index in [2.05, 4.69) is 0 Å². The molecule has 0 N–H and O–H groups in total. The maximum absolute atomic E-state index is 9.33. The van der Waals surface area contributed by atoms with Crippen LogP contribution in [0.4, 0.5) is 0 Å². The summed E-state index contributed by atoms with van der Waals surface area (Å²) < 4.78 is 0. The number of allylic oxidation sites excluding steroid dienone is 1. The van der Waals surface area contributed by atoms with E-state index in [1.807, 2.05) is 0 Å². The van der Waals surface area contributed by atoms with Crippen LogP contribution in [0.2, 0.25) is 0 Å². The summed E-state index contributed by atoms with van der Waals surface area (Å²) in [5.41, 5.74) is 0. The quantitative estimate of drug-likeness (QED) is 0.269. The molecule has 0 unspecified atom stereocenters. The van der Waals surface area contributed by atoms with Crippen molar-refractivity contribution in [2.24, 2.45) is 0 Å². The fourth-order valence-electron chi connectivity index (χ4n) is 0.0942. The minimum atomic E-state index is -0.691. The number of rotatable bonds is 1. The van der Waals surface area contributed by atoms with Crippen molar-refractivity contribution in [2.75, 3.05) is 0 Å². The van der Waals surface area contributed by atoms with Crippen LogP contribution in [-0.2, 0) is 0 Å². The Labute approximate surface area is 39.8 Å². The zero-order valence-corrected chi connectivity index (χ0v) is 3.37. The van der Waals surface area contributed by atoms with E-state index in [-0.39, 0.29) is 0 Å². The molecule has 0 aliphatic carbocycles. The van der Waals surface area contributed by atoms with Gasteiger partial charge in [0, 0.05) is 0 Å². The van der Waals surface area contributed by atoms with Crippen LogP contribution < -0.4 is 0 Å². The van der Waals surface area contributed by atoms with Gasteiger partial charge in [-0.05, 0) is 0 Å². The maximum Gasteiger partial charge on any atom is 0.244 e. The zero-order chi connectivity index (χ0) is 5.70. The van der Waals surface area contributed by atoms with Crippen LogP contribution >= 0.6 is 0 Å². The molecule has 0 aromatic carbocycles. The second-order valence-corrected chi connectivity index (χ2v) is 0.730. The molecular weight excluding hydrogens is 96.0 g/mol. The van der Waals surface area contributed by atoms with Crippen molar-refractivity contribution in [3.05, 3.63) is 22.4 Å². The largest absolute Gasteiger partial charge is 0.259 e. The predicted octanol–water partition coefficient (Wildman–Crippen LogP) is 0.300. The van der Waals surface area contributed by atoms with Crippen LogP contribution in [0.3, 0.4) is 0 Å². The van der Waals surface area contributed by atoms with Gasteiger partial charge >= 0.3 is 0 Å². The summed E-state index contributed by atoms with van der Waals surface area (Å²) in [6, 6.07) is 1.48. The molecule has 0 aromatic rings. The lowest BCUT2D eigenvalue weighted by atomic mass is 10.7. The van der Waals surface area contributed by atoms with Gasteiger partial charge in [-0.15, -0.1) is 0 Å². The Kier molecular flexibility index (Phi) is 2.29. The minimum absolute atomic E-state index is 0.583. The predicted molar refractivity (Wildman–Crippen MR) is 21.7 cm³/mol. The lowest BCUT2D eigenvalue weighted by Gasteiger charge is -1.68. The van der Waals surface area contributed by atoms with Crippen LogP contribution in [0, 0.1) is 21.4 Å². The van der Waals surface area contributed by atoms with Gasteiger partial charge in [0.2, 0.25) is 6.20 Å². The van der Waals surface area contributed by atoms with Crippen molar-refractivity contribution in [1.82, 2.24) is 0 Å². The fraction of sp³-hybridized carbons (Fsp3) is 0. The molecule has 0 fully saturated rings. The van der Waals surface area contributed by atoms with Crippen molar-refractivity contribution >= 4 is 0 Å². The highest BCUT2D eigenvalue weighted by Gasteiger charge is 1.77. The van der Waals surface area contributed by atoms with E-state index in [0.717, 1.165) is 6.08 Å². The van der Waals surface area contributed by atoms with E-state index in [1.54, 1.807) is 0 Å². The molecule has 0 radical (unpaired) electrons. The van der Waals surface area contributed by atoms with E-state index >= 15 is 0 Å². The zero-order valence-electron chi connectivity index (χ0n) is 3.37. The standard InChI is InChI=1S/C3H2N2O2/c4-2-1-3-5(6)7/h1,3H/b3-1+. The molecule has 0 saturated heterocycles. The summed E-state index contributed by atoms with van der Waals surface area (Å²) in [6.07, 6.45) is 1.39. The van der Waals surface area contributed by atoms with Gasteiger partial charge in [-0.1, -0.05) is 0 Å². The lowest BCUT2D eigenvalue weighted by Crippen LogP contribution is -1.79. The molecule has 0 amide bonds. The summed E-state index contributed by atoms with van der Waals surface area (Å²) in [5.74, 6) is 0. The molecule has 0 rings (SSSR count). The van der Waals surface area contributed by atoms with Crippen LogP contribution in [0.25, 0.3) is 0 Å². The third-order valence-corrected chi connectivity index (χ3v) is 0.271. The highest BCUT2D eigenvalue weighted by molar-refractivity contribution is 4.96. The van der Waals surface area contributed by atoms with Crippen molar-refractivity contribution in [1.29, 1.82) is 5.26 Å². The molecular formula is C3H2N2O2. The van der Waals surface area contributed by atoms with Crippen molar-refractivity contribution in [3.63, 3.8) is 0 Å². The van der Waals surface area contributed by atoms with Crippen LogP contribution in [0.5, 0.6) is 0 Å². The topological polar surface area (TPSA) is 66.9 Å². The summed E-state index contributed by atoms with van der Waals surface area (Å²) in [7, 11) is 0. The van der Waals surface area contributed by atoms with Crippen LogP contribution in [-0.4, -0.2) is 4.92 Å². The van der Waals surface area contributed by atoms with Crippen LogP contribution in [0.1, 0.15) is 0 Å². The first-order chi connectivity index (χ1) is 3.27. The average Bonchev–Trinajstić information content (AvgIpc) is 1.61. The Morgan fingerprint density at radius 2 is 2.43 bits per heavy atom. The van der Waals surface area contributed by atoms with E-state index in [1.165, 1.54) is 6.07 Å². The van der Waals surface area contributed by atoms with Gasteiger partial charge in [-0.3, -0.25) is 10.1 Å². The minimum Gasteiger partial charge on any atom is -0.259 e. The molecule has 0 bridgehead atoms. The SMILES string of the molecule is N#C/C=C/[N+](=O)[O-]. The molecule has 0 saturated carbocycles. The summed E-state index contributed by atoms with van der Waals surface area (Å²) in [5, 5.41) is 17.0. The van der Waals surface area contributed by atoms with Gasteiger partial charge in [0.25, 0.3) is 0 Å². The first-order valence-electron chi connectivity index (χ1n) is 1.47. The van der Waals surface area contributed by atoms with E-state index in [9.17, 15) is 10.1 Å². The van der Waals surface area contributed by atoms with Gasteiger partial charge in [-0.25, -0.2) is 0 Å². The molecule has 0 aliphatic heterocycles. The highest BCUT2D eigenvalue weighted by Crippen LogP contribution is 1.67. The Morgan fingerprint density at radius 3 is 2.57 bits per heavy atom. The molecule has 0 atom stereocenters. The lowest BCUT2D eigenvalue weighted by molar-refractivity contribution is -0.402. The number of nitriles is 1. The fourth-order valence-corrected chi connectivity index (χ4v) is 0.0942. The van der Waals surface area contributed by atoms with Gasteiger partial charge in [0.15, 0.2) is 0 Å². The van der Waals surface area contributed by atoms with E-state index in [4.69, 9.17) is 5.26 Å². The van der Waals surface area contributed by atoms with Crippen molar-refractivity contribution < 1.29 is 4.92 Å². The number of hydrogen-bond donors (Lipinski definition) is 0. The molecule has 36 valence electrons. The molecule has 7 heavy (non-hydrogen) atoms. The summed E-state index contributed by atoms with van der Waals surface area (Å²) in [6.45, 7) is 0. The molecule has 0 aromatic heterocycles. The maximum atomic E-state index is 9.33. The third-order valence-electron chi connectivity index (χ3n) is 0.271. The second-order valence-electron chi connectivity index (χ2n) is 0.730. The Hall–Kier alpha value is -1.37. The van der Waals surface area contributed by atoms with Gasteiger partial charge in [-0.2, -0.15) is 5.26 Å². The van der Waals surface area contributed by atoms with Crippen molar-refractivity contribution in [2.45, 2.75) is 0 Å². The molecule has 0 spiro atoms. The third kappa shape index (κ3) is 4.63. The Balaban J connectivity index is 3.53. The molecule has 4 nitrogen and oxygen atoms in total. The number of hydrogen-bond acceptors (Lipinski definition) is 3. The normalized spacial score (nSPS) is 8.43. The molecule has 0 aliphatic rings. The number of nitro groups is 1. The monoisotopic (exact) mass is 98.0 g/mol. The first kappa shape index (κ1) is 5.63.